The van der Waals surface area contributed by atoms with Gasteiger partial charge in [0, 0.05) is 31.1 Å². The van der Waals surface area contributed by atoms with Crippen LogP contribution in [0.2, 0.25) is 0 Å². The third-order valence-corrected chi connectivity index (χ3v) is 3.34. The highest BCUT2D eigenvalue weighted by Crippen LogP contribution is 2.39. The molecule has 1 saturated carbocycles. The summed E-state index contributed by atoms with van der Waals surface area (Å²) in [5, 5.41) is 7.70. The minimum atomic E-state index is 0.297. The van der Waals surface area contributed by atoms with Crippen molar-refractivity contribution >= 4 is 5.82 Å². The van der Waals surface area contributed by atoms with Crippen molar-refractivity contribution in [1.82, 2.24) is 19.7 Å². The molecule has 0 aromatic carbocycles. The van der Waals surface area contributed by atoms with E-state index >= 15 is 0 Å². The van der Waals surface area contributed by atoms with Gasteiger partial charge in [0.25, 0.3) is 0 Å². The van der Waals surface area contributed by atoms with Gasteiger partial charge in [0.15, 0.2) is 5.82 Å². The average Bonchev–Trinajstić information content (AvgIpc) is 3.15. The van der Waals surface area contributed by atoms with E-state index in [4.69, 9.17) is 0 Å². The quantitative estimate of drug-likeness (QED) is 0.915. The Bertz CT molecular complexity index is 583. The number of aromatic nitrogens is 4. The Morgan fingerprint density at radius 2 is 2.11 bits per heavy atom. The maximum Gasteiger partial charge on any atom is 0.159 e. The summed E-state index contributed by atoms with van der Waals surface area (Å²) in [6, 6.07) is 4.02. The third kappa shape index (κ3) is 2.45. The van der Waals surface area contributed by atoms with Crippen LogP contribution in [0.25, 0.3) is 5.82 Å². The summed E-state index contributed by atoms with van der Waals surface area (Å²) in [4.78, 5) is 9.06. The Kier molecular flexibility index (Phi) is 2.97. The molecule has 1 fully saturated rings. The first kappa shape index (κ1) is 12.1. The van der Waals surface area contributed by atoms with Crippen molar-refractivity contribution in [1.29, 1.82) is 0 Å². The molecule has 0 bridgehead atoms. The van der Waals surface area contributed by atoms with Gasteiger partial charge in [0.05, 0.1) is 5.69 Å². The van der Waals surface area contributed by atoms with Crippen LogP contribution in [-0.4, -0.2) is 26.8 Å². The van der Waals surface area contributed by atoms with E-state index in [0.717, 1.165) is 17.5 Å². The van der Waals surface area contributed by atoms with Crippen LogP contribution < -0.4 is 5.32 Å². The molecular formula is C14H19N5. The van der Waals surface area contributed by atoms with Gasteiger partial charge < -0.3 is 5.32 Å². The van der Waals surface area contributed by atoms with E-state index in [9.17, 15) is 0 Å². The van der Waals surface area contributed by atoms with Crippen molar-refractivity contribution in [3.05, 3.63) is 29.8 Å². The summed E-state index contributed by atoms with van der Waals surface area (Å²) in [5.41, 5.74) is 1.18. The van der Waals surface area contributed by atoms with Crippen LogP contribution in [0.4, 0.5) is 5.82 Å². The minimum Gasteiger partial charge on any atom is -0.373 e. The van der Waals surface area contributed by atoms with Crippen molar-refractivity contribution in [2.75, 3.05) is 12.4 Å². The molecule has 0 amide bonds. The molecule has 19 heavy (non-hydrogen) atoms. The van der Waals surface area contributed by atoms with Gasteiger partial charge >= 0.3 is 0 Å². The Morgan fingerprint density at radius 1 is 1.32 bits per heavy atom. The molecule has 0 aliphatic heterocycles. The summed E-state index contributed by atoms with van der Waals surface area (Å²) in [6.07, 6.45) is 4.51. The molecule has 5 heteroatoms. The van der Waals surface area contributed by atoms with Gasteiger partial charge in [-0.1, -0.05) is 13.8 Å². The van der Waals surface area contributed by atoms with Crippen LogP contribution in [0.3, 0.4) is 0 Å². The molecule has 0 atom stereocenters. The Hall–Kier alpha value is -1.91. The van der Waals surface area contributed by atoms with Crippen LogP contribution in [-0.2, 0) is 0 Å². The Labute approximate surface area is 113 Å². The maximum absolute atomic E-state index is 4.62. The number of hydrogen-bond donors (Lipinski definition) is 1. The molecule has 1 aliphatic rings. The fourth-order valence-corrected chi connectivity index (χ4v) is 2.02. The van der Waals surface area contributed by atoms with Gasteiger partial charge in [0.2, 0.25) is 0 Å². The lowest BCUT2D eigenvalue weighted by molar-refractivity contribution is 0.741. The second kappa shape index (κ2) is 4.64. The van der Waals surface area contributed by atoms with Gasteiger partial charge in [-0.15, -0.1) is 0 Å². The second-order valence-electron chi connectivity index (χ2n) is 5.33. The topological polar surface area (TPSA) is 55.6 Å². The summed E-state index contributed by atoms with van der Waals surface area (Å²) >= 11 is 0. The zero-order chi connectivity index (χ0) is 13.4. The molecule has 0 unspecified atom stereocenters. The molecule has 1 aliphatic carbocycles. The first-order valence-corrected chi connectivity index (χ1v) is 6.80. The van der Waals surface area contributed by atoms with E-state index in [1.165, 1.54) is 18.5 Å². The van der Waals surface area contributed by atoms with Crippen LogP contribution >= 0.6 is 0 Å². The summed E-state index contributed by atoms with van der Waals surface area (Å²) in [5.74, 6) is 3.46. The molecule has 2 heterocycles. The Morgan fingerprint density at radius 3 is 2.74 bits per heavy atom. The number of hydrogen-bond acceptors (Lipinski definition) is 4. The first-order chi connectivity index (χ1) is 9.17. The SMILES string of the molecule is CNc1cc(-n2ccc(C3CC3)n2)nc(C(C)C)n1. The van der Waals surface area contributed by atoms with E-state index in [-0.39, 0.29) is 0 Å². The van der Waals surface area contributed by atoms with Gasteiger partial charge in [-0.2, -0.15) is 5.10 Å². The summed E-state index contributed by atoms with van der Waals surface area (Å²) < 4.78 is 1.85. The lowest BCUT2D eigenvalue weighted by Crippen LogP contribution is -2.07. The van der Waals surface area contributed by atoms with Crippen molar-refractivity contribution in [3.8, 4) is 5.82 Å². The van der Waals surface area contributed by atoms with E-state index in [2.05, 4.69) is 40.3 Å². The van der Waals surface area contributed by atoms with E-state index < -0.39 is 0 Å². The molecule has 2 aromatic heterocycles. The molecule has 2 aromatic rings. The monoisotopic (exact) mass is 257 g/mol. The van der Waals surface area contributed by atoms with Gasteiger partial charge in [-0.3, -0.25) is 0 Å². The largest absolute Gasteiger partial charge is 0.373 e. The Balaban J connectivity index is 1.99. The highest BCUT2D eigenvalue weighted by molar-refractivity contribution is 5.41. The molecule has 5 nitrogen and oxygen atoms in total. The summed E-state index contributed by atoms with van der Waals surface area (Å²) in [6.45, 7) is 4.19. The number of anilines is 1. The predicted octanol–water partition coefficient (Wildman–Crippen LogP) is 2.70. The number of nitrogens with one attached hydrogen (secondary N) is 1. The fourth-order valence-electron chi connectivity index (χ4n) is 2.02. The second-order valence-corrected chi connectivity index (χ2v) is 5.33. The molecule has 0 spiro atoms. The van der Waals surface area contributed by atoms with Crippen LogP contribution in [0.5, 0.6) is 0 Å². The third-order valence-electron chi connectivity index (χ3n) is 3.34. The van der Waals surface area contributed by atoms with Crippen molar-refractivity contribution in [2.45, 2.75) is 38.5 Å². The van der Waals surface area contributed by atoms with Crippen molar-refractivity contribution < 1.29 is 0 Å². The van der Waals surface area contributed by atoms with E-state index in [0.29, 0.717) is 11.8 Å². The van der Waals surface area contributed by atoms with Gasteiger partial charge in [0.1, 0.15) is 11.6 Å². The van der Waals surface area contributed by atoms with Gasteiger partial charge in [-0.25, -0.2) is 14.6 Å². The van der Waals surface area contributed by atoms with Gasteiger partial charge in [-0.05, 0) is 18.9 Å². The summed E-state index contributed by atoms with van der Waals surface area (Å²) in [7, 11) is 1.87. The standard InChI is InChI=1S/C14H19N5/c1-9(2)14-16-12(15-3)8-13(17-14)19-7-6-11(18-19)10-4-5-10/h6-10H,4-5H2,1-3H3,(H,15,16,17). The lowest BCUT2D eigenvalue weighted by atomic mass is 10.2. The lowest BCUT2D eigenvalue weighted by Gasteiger charge is -2.09. The molecule has 100 valence electrons. The molecule has 3 rings (SSSR count). The van der Waals surface area contributed by atoms with Crippen molar-refractivity contribution in [3.63, 3.8) is 0 Å². The zero-order valence-corrected chi connectivity index (χ0v) is 11.6. The highest BCUT2D eigenvalue weighted by Gasteiger charge is 2.26. The van der Waals surface area contributed by atoms with Crippen molar-refractivity contribution in [2.24, 2.45) is 0 Å². The average molecular weight is 257 g/mol. The smallest absolute Gasteiger partial charge is 0.159 e. The van der Waals surface area contributed by atoms with E-state index in [1.807, 2.05) is 24.0 Å². The zero-order valence-electron chi connectivity index (χ0n) is 11.6. The van der Waals surface area contributed by atoms with Crippen LogP contribution in [0.15, 0.2) is 18.3 Å². The number of nitrogens with zero attached hydrogens (tertiary/aromatic N) is 4. The number of rotatable bonds is 4. The van der Waals surface area contributed by atoms with E-state index in [1.54, 1.807) is 0 Å². The first-order valence-electron chi connectivity index (χ1n) is 6.80. The predicted molar refractivity (Wildman–Crippen MR) is 74.8 cm³/mol. The fraction of sp³-hybridized carbons (Fsp3) is 0.500. The maximum atomic E-state index is 4.62. The molecule has 0 radical (unpaired) electrons. The minimum absolute atomic E-state index is 0.297. The molecule has 0 saturated heterocycles. The van der Waals surface area contributed by atoms with Crippen LogP contribution in [0, 0.1) is 0 Å². The highest BCUT2D eigenvalue weighted by atomic mass is 15.3. The molecular weight excluding hydrogens is 238 g/mol. The normalized spacial score (nSPS) is 14.9. The molecule has 1 N–H and O–H groups in total. The van der Waals surface area contributed by atoms with Crippen LogP contribution in [0.1, 0.15) is 50.0 Å².